The fourth-order valence-electron chi connectivity index (χ4n) is 1.73. The molecular weight excluding hydrogens is 326 g/mol. The molecule has 1 aromatic heterocycles. The number of hydrogen-bond acceptors (Lipinski definition) is 3. The molecule has 1 nitrogen and oxygen atoms in total. The molecule has 0 aliphatic rings. The van der Waals surface area contributed by atoms with Gasteiger partial charge in [-0.1, -0.05) is 30.3 Å². The van der Waals surface area contributed by atoms with E-state index in [1.165, 1.54) is 10.4 Å². The van der Waals surface area contributed by atoms with Crippen LogP contribution in [-0.4, -0.2) is 6.04 Å². The number of benzene rings is 1. The molecule has 4 heteroatoms. The van der Waals surface area contributed by atoms with Crippen LogP contribution in [0.3, 0.4) is 0 Å². The predicted octanol–water partition coefficient (Wildman–Crippen LogP) is 4.83. The molecule has 0 spiro atoms. The van der Waals surface area contributed by atoms with Gasteiger partial charge >= 0.3 is 0 Å². The number of rotatable bonds is 5. The van der Waals surface area contributed by atoms with Crippen molar-refractivity contribution in [1.82, 2.24) is 0 Å². The Balaban J connectivity index is 2.04. The van der Waals surface area contributed by atoms with Crippen LogP contribution in [0, 0.1) is 0 Å². The quantitative estimate of drug-likeness (QED) is 0.842. The van der Waals surface area contributed by atoms with Gasteiger partial charge in [0.05, 0.1) is 5.25 Å². The first-order valence-electron chi connectivity index (χ1n) is 5.82. The van der Waals surface area contributed by atoms with Crippen LogP contribution < -0.4 is 5.73 Å². The first kappa shape index (κ1) is 14.1. The molecule has 0 saturated heterocycles. The average molecular weight is 342 g/mol. The molecule has 0 amide bonds. The van der Waals surface area contributed by atoms with Crippen molar-refractivity contribution in [3.63, 3.8) is 0 Å². The number of halogens is 1. The van der Waals surface area contributed by atoms with Crippen LogP contribution in [0.1, 0.15) is 22.6 Å². The standard InChI is InChI=1S/C14H16BrNS2/c1-10(16)14(13-7-12(15)9-17-13)18-8-11-5-3-2-4-6-11/h2-7,9-10,14H,8,16H2,1H3. The number of thioether (sulfide) groups is 1. The zero-order chi connectivity index (χ0) is 13.0. The lowest BCUT2D eigenvalue weighted by molar-refractivity contribution is 0.729. The molecule has 0 saturated carbocycles. The minimum Gasteiger partial charge on any atom is -0.327 e. The second-order valence-corrected chi connectivity index (χ2v) is 7.23. The Labute approximate surface area is 125 Å². The molecule has 2 N–H and O–H groups in total. The van der Waals surface area contributed by atoms with Gasteiger partial charge in [0.25, 0.3) is 0 Å². The maximum absolute atomic E-state index is 6.11. The lowest BCUT2D eigenvalue weighted by Gasteiger charge is -2.19. The highest BCUT2D eigenvalue weighted by molar-refractivity contribution is 9.10. The Morgan fingerprint density at radius 2 is 2.06 bits per heavy atom. The molecule has 96 valence electrons. The molecule has 2 unspecified atom stereocenters. The molecule has 0 radical (unpaired) electrons. The Bertz CT molecular complexity index is 482. The maximum atomic E-state index is 6.11. The highest BCUT2D eigenvalue weighted by Gasteiger charge is 2.18. The lowest BCUT2D eigenvalue weighted by Crippen LogP contribution is -2.22. The summed E-state index contributed by atoms with van der Waals surface area (Å²) in [6, 6.07) is 12.9. The van der Waals surface area contributed by atoms with Gasteiger partial charge in [-0.25, -0.2) is 0 Å². The summed E-state index contributed by atoms with van der Waals surface area (Å²) in [6.45, 7) is 2.08. The van der Waals surface area contributed by atoms with Crippen LogP contribution in [0.5, 0.6) is 0 Å². The molecular formula is C14H16BrNS2. The van der Waals surface area contributed by atoms with Crippen LogP contribution >= 0.6 is 39.0 Å². The second kappa shape index (κ2) is 6.75. The van der Waals surface area contributed by atoms with Gasteiger partial charge in [0.2, 0.25) is 0 Å². The molecule has 1 aromatic carbocycles. The van der Waals surface area contributed by atoms with Crippen LogP contribution in [0.4, 0.5) is 0 Å². The van der Waals surface area contributed by atoms with Gasteiger partial charge in [-0.15, -0.1) is 23.1 Å². The summed E-state index contributed by atoms with van der Waals surface area (Å²) in [5.74, 6) is 1.00. The van der Waals surface area contributed by atoms with Crippen molar-refractivity contribution in [2.24, 2.45) is 5.73 Å². The molecule has 2 rings (SSSR count). The van der Waals surface area contributed by atoms with Crippen LogP contribution in [0.25, 0.3) is 0 Å². The molecule has 0 fully saturated rings. The summed E-state index contributed by atoms with van der Waals surface area (Å²) in [5.41, 5.74) is 7.46. The number of nitrogens with two attached hydrogens (primary N) is 1. The van der Waals surface area contributed by atoms with Gasteiger partial charge in [0, 0.05) is 26.5 Å². The normalized spacial score (nSPS) is 14.4. The van der Waals surface area contributed by atoms with Gasteiger partial charge in [0.1, 0.15) is 0 Å². The summed E-state index contributed by atoms with van der Waals surface area (Å²) in [7, 11) is 0. The van der Waals surface area contributed by atoms with Gasteiger partial charge in [-0.05, 0) is 34.5 Å². The van der Waals surface area contributed by atoms with E-state index in [2.05, 4.69) is 58.6 Å². The van der Waals surface area contributed by atoms with Crippen molar-refractivity contribution >= 4 is 39.0 Å². The van der Waals surface area contributed by atoms with E-state index in [-0.39, 0.29) is 6.04 Å². The molecule has 2 aromatic rings. The largest absolute Gasteiger partial charge is 0.327 e. The summed E-state index contributed by atoms with van der Waals surface area (Å²) in [6.07, 6.45) is 0. The van der Waals surface area contributed by atoms with Gasteiger partial charge in [-0.2, -0.15) is 0 Å². The van der Waals surface area contributed by atoms with Crippen molar-refractivity contribution < 1.29 is 0 Å². The zero-order valence-corrected chi connectivity index (χ0v) is 13.4. The van der Waals surface area contributed by atoms with Crippen LogP contribution in [0.2, 0.25) is 0 Å². The van der Waals surface area contributed by atoms with Crippen molar-refractivity contribution in [3.8, 4) is 0 Å². The summed E-state index contributed by atoms with van der Waals surface area (Å²) < 4.78 is 1.15. The Hall–Kier alpha value is -0.290. The van der Waals surface area contributed by atoms with Gasteiger partial charge < -0.3 is 5.73 Å². The summed E-state index contributed by atoms with van der Waals surface area (Å²) in [5, 5.41) is 2.48. The van der Waals surface area contributed by atoms with Crippen LogP contribution in [-0.2, 0) is 5.75 Å². The molecule has 18 heavy (non-hydrogen) atoms. The first-order chi connectivity index (χ1) is 8.66. The molecule has 0 aliphatic heterocycles. The van der Waals surface area contributed by atoms with E-state index in [0.717, 1.165) is 10.2 Å². The average Bonchev–Trinajstić information content (AvgIpc) is 2.77. The molecule has 1 heterocycles. The fraction of sp³-hybridized carbons (Fsp3) is 0.286. The first-order valence-corrected chi connectivity index (χ1v) is 8.54. The minimum absolute atomic E-state index is 0.157. The predicted molar refractivity (Wildman–Crippen MR) is 86.1 cm³/mol. The molecule has 0 aliphatic carbocycles. The highest BCUT2D eigenvalue weighted by atomic mass is 79.9. The monoisotopic (exact) mass is 341 g/mol. The SMILES string of the molecule is CC(N)C(SCc1ccccc1)c1cc(Br)cs1. The van der Waals surface area contributed by atoms with Crippen molar-refractivity contribution in [2.75, 3.05) is 0 Å². The van der Waals surface area contributed by atoms with E-state index >= 15 is 0 Å². The third-order valence-corrected chi connectivity index (χ3v) is 6.09. The van der Waals surface area contributed by atoms with E-state index < -0.39 is 0 Å². The minimum atomic E-state index is 0.157. The number of thiophene rings is 1. The summed E-state index contributed by atoms with van der Waals surface area (Å²) in [4.78, 5) is 1.35. The van der Waals surface area contributed by atoms with Crippen molar-refractivity contribution in [1.29, 1.82) is 0 Å². The third kappa shape index (κ3) is 3.85. The van der Waals surface area contributed by atoms with E-state index in [9.17, 15) is 0 Å². The lowest BCUT2D eigenvalue weighted by atomic mass is 10.2. The van der Waals surface area contributed by atoms with Crippen LogP contribution in [0.15, 0.2) is 46.3 Å². The second-order valence-electron chi connectivity index (χ2n) is 4.24. The Morgan fingerprint density at radius 1 is 1.33 bits per heavy atom. The third-order valence-electron chi connectivity index (χ3n) is 2.62. The van der Waals surface area contributed by atoms with E-state index in [1.807, 2.05) is 17.8 Å². The Kier molecular flexibility index (Phi) is 5.30. The van der Waals surface area contributed by atoms with E-state index in [1.54, 1.807) is 11.3 Å². The highest BCUT2D eigenvalue weighted by Crippen LogP contribution is 2.38. The smallest absolute Gasteiger partial charge is 0.0543 e. The van der Waals surface area contributed by atoms with Crippen molar-refractivity contribution in [3.05, 3.63) is 56.7 Å². The summed E-state index contributed by atoms with van der Waals surface area (Å²) >= 11 is 7.19. The van der Waals surface area contributed by atoms with E-state index in [0.29, 0.717) is 5.25 Å². The maximum Gasteiger partial charge on any atom is 0.0543 e. The Morgan fingerprint density at radius 3 is 2.61 bits per heavy atom. The topological polar surface area (TPSA) is 26.0 Å². The van der Waals surface area contributed by atoms with Gasteiger partial charge in [-0.3, -0.25) is 0 Å². The fourth-order valence-corrected chi connectivity index (χ4v) is 4.74. The molecule has 0 bridgehead atoms. The van der Waals surface area contributed by atoms with E-state index in [4.69, 9.17) is 5.73 Å². The number of hydrogen-bond donors (Lipinski definition) is 1. The molecule has 2 atom stereocenters. The zero-order valence-electron chi connectivity index (χ0n) is 10.2. The van der Waals surface area contributed by atoms with Gasteiger partial charge in [0.15, 0.2) is 0 Å². The van der Waals surface area contributed by atoms with Crippen molar-refractivity contribution in [2.45, 2.75) is 24.0 Å².